The van der Waals surface area contributed by atoms with Gasteiger partial charge in [-0.15, -0.1) is 0 Å². The molecule has 0 fully saturated rings. The van der Waals surface area contributed by atoms with Crippen LogP contribution in [0.1, 0.15) is 50.3 Å². The number of benzene rings is 1. The van der Waals surface area contributed by atoms with Crippen molar-refractivity contribution in [3.05, 3.63) is 28.8 Å². The van der Waals surface area contributed by atoms with Crippen molar-refractivity contribution in [3.63, 3.8) is 0 Å². The van der Waals surface area contributed by atoms with Gasteiger partial charge in [0, 0.05) is 12.5 Å². The summed E-state index contributed by atoms with van der Waals surface area (Å²) in [6.45, 7) is 10.0. The van der Waals surface area contributed by atoms with E-state index >= 15 is 0 Å². The number of carbonyl (C=O) groups is 2. The summed E-state index contributed by atoms with van der Waals surface area (Å²) in [7, 11) is 1.34. The SMILES string of the molecule is COC(=O)C(N)C(C)c1cc2c(cc1C)N(C(=O)OC(C)(C)C)CC2. The summed E-state index contributed by atoms with van der Waals surface area (Å²) >= 11 is 0. The van der Waals surface area contributed by atoms with E-state index in [1.807, 2.05) is 46.8 Å². The maximum absolute atomic E-state index is 12.4. The Bertz CT molecular complexity index is 679. The first kappa shape index (κ1) is 19.2. The molecule has 2 atom stereocenters. The average molecular weight is 348 g/mol. The lowest BCUT2D eigenvalue weighted by atomic mass is 9.88. The van der Waals surface area contributed by atoms with Gasteiger partial charge in [-0.2, -0.15) is 0 Å². The minimum atomic E-state index is -0.717. The Morgan fingerprint density at radius 2 is 1.92 bits per heavy atom. The van der Waals surface area contributed by atoms with Crippen molar-refractivity contribution in [1.82, 2.24) is 0 Å². The normalized spacial score (nSPS) is 16.2. The van der Waals surface area contributed by atoms with Gasteiger partial charge in [-0.1, -0.05) is 13.0 Å². The van der Waals surface area contributed by atoms with Gasteiger partial charge in [0.05, 0.1) is 12.8 Å². The molecule has 0 aliphatic carbocycles. The number of esters is 1. The molecule has 0 saturated carbocycles. The minimum absolute atomic E-state index is 0.173. The number of hydrogen-bond donors (Lipinski definition) is 1. The predicted molar refractivity (Wildman–Crippen MR) is 96.9 cm³/mol. The summed E-state index contributed by atoms with van der Waals surface area (Å²) in [5, 5.41) is 0. The number of hydrogen-bond acceptors (Lipinski definition) is 5. The molecule has 0 aromatic heterocycles. The van der Waals surface area contributed by atoms with Crippen molar-refractivity contribution in [2.24, 2.45) is 5.73 Å². The molecule has 1 heterocycles. The summed E-state index contributed by atoms with van der Waals surface area (Å²) in [6.07, 6.45) is 0.417. The zero-order chi connectivity index (χ0) is 18.9. The average Bonchev–Trinajstić information content (AvgIpc) is 2.93. The molecule has 0 bridgehead atoms. The molecular formula is C19H28N2O4. The minimum Gasteiger partial charge on any atom is -0.468 e. The molecule has 2 unspecified atom stereocenters. The number of fused-ring (bicyclic) bond motifs is 1. The molecule has 2 rings (SSSR count). The van der Waals surface area contributed by atoms with Gasteiger partial charge >= 0.3 is 12.1 Å². The third kappa shape index (κ3) is 4.12. The van der Waals surface area contributed by atoms with Crippen LogP contribution in [0.4, 0.5) is 10.5 Å². The van der Waals surface area contributed by atoms with E-state index in [0.29, 0.717) is 6.54 Å². The number of aryl methyl sites for hydroxylation is 1. The van der Waals surface area contributed by atoms with E-state index in [1.54, 1.807) is 4.90 Å². The molecular weight excluding hydrogens is 320 g/mol. The van der Waals surface area contributed by atoms with Crippen LogP contribution in [-0.4, -0.2) is 37.4 Å². The molecule has 25 heavy (non-hydrogen) atoms. The number of anilines is 1. The molecule has 1 aromatic rings. The number of methoxy groups -OCH3 is 1. The molecule has 1 aliphatic heterocycles. The Balaban J connectivity index is 2.29. The Kier molecular flexibility index (Phi) is 5.42. The zero-order valence-electron chi connectivity index (χ0n) is 15.9. The van der Waals surface area contributed by atoms with Crippen LogP contribution in [0.5, 0.6) is 0 Å². The van der Waals surface area contributed by atoms with Gasteiger partial charge in [-0.25, -0.2) is 4.79 Å². The van der Waals surface area contributed by atoms with Crippen molar-refractivity contribution in [2.75, 3.05) is 18.6 Å². The largest absolute Gasteiger partial charge is 0.468 e. The van der Waals surface area contributed by atoms with E-state index in [-0.39, 0.29) is 12.0 Å². The molecule has 0 saturated heterocycles. The fourth-order valence-corrected chi connectivity index (χ4v) is 3.09. The van der Waals surface area contributed by atoms with Gasteiger partial charge in [-0.05, 0) is 56.9 Å². The van der Waals surface area contributed by atoms with E-state index in [2.05, 4.69) is 0 Å². The van der Waals surface area contributed by atoms with E-state index in [4.69, 9.17) is 15.2 Å². The van der Waals surface area contributed by atoms with Crippen LogP contribution in [0.2, 0.25) is 0 Å². The van der Waals surface area contributed by atoms with Crippen molar-refractivity contribution in [2.45, 2.75) is 58.6 Å². The smallest absolute Gasteiger partial charge is 0.414 e. The Hall–Kier alpha value is -2.08. The van der Waals surface area contributed by atoms with Gasteiger partial charge in [0.1, 0.15) is 11.6 Å². The lowest BCUT2D eigenvalue weighted by molar-refractivity contribution is -0.142. The molecule has 1 amide bonds. The van der Waals surface area contributed by atoms with Crippen molar-refractivity contribution >= 4 is 17.7 Å². The first-order valence-electron chi connectivity index (χ1n) is 8.52. The fraction of sp³-hybridized carbons (Fsp3) is 0.579. The standard InChI is InChI=1S/C19H28N2O4/c1-11-9-15-13(7-8-21(15)18(23)25-19(3,4)5)10-14(11)12(2)16(20)17(22)24-6/h9-10,12,16H,7-8,20H2,1-6H3. The third-order valence-corrected chi connectivity index (χ3v) is 4.48. The molecule has 0 spiro atoms. The fourth-order valence-electron chi connectivity index (χ4n) is 3.09. The number of nitrogens with zero attached hydrogens (tertiary/aromatic N) is 1. The lowest BCUT2D eigenvalue weighted by Crippen LogP contribution is -2.37. The van der Waals surface area contributed by atoms with Gasteiger partial charge in [0.25, 0.3) is 0 Å². The van der Waals surface area contributed by atoms with Crippen LogP contribution >= 0.6 is 0 Å². The van der Waals surface area contributed by atoms with Gasteiger partial charge in [-0.3, -0.25) is 9.69 Å². The summed E-state index contributed by atoms with van der Waals surface area (Å²) in [5.74, 6) is -0.601. The van der Waals surface area contributed by atoms with Crippen LogP contribution in [0, 0.1) is 6.92 Å². The summed E-state index contributed by atoms with van der Waals surface area (Å²) in [5.41, 5.74) is 9.40. The Labute approximate surface area is 149 Å². The molecule has 6 nitrogen and oxygen atoms in total. The summed E-state index contributed by atoms with van der Waals surface area (Å²) in [6, 6.07) is 3.30. The molecule has 6 heteroatoms. The maximum atomic E-state index is 12.4. The highest BCUT2D eigenvalue weighted by Crippen LogP contribution is 2.35. The van der Waals surface area contributed by atoms with E-state index in [0.717, 1.165) is 28.8 Å². The molecule has 1 aromatic carbocycles. The highest BCUT2D eigenvalue weighted by atomic mass is 16.6. The molecule has 0 radical (unpaired) electrons. The Morgan fingerprint density at radius 3 is 2.48 bits per heavy atom. The van der Waals surface area contributed by atoms with Gasteiger partial charge in [0.2, 0.25) is 0 Å². The highest BCUT2D eigenvalue weighted by Gasteiger charge is 2.31. The second kappa shape index (κ2) is 7.04. The van der Waals surface area contributed by atoms with E-state index < -0.39 is 17.6 Å². The van der Waals surface area contributed by atoms with Crippen LogP contribution in [0.25, 0.3) is 0 Å². The van der Waals surface area contributed by atoms with Crippen LogP contribution < -0.4 is 10.6 Å². The molecule has 1 aliphatic rings. The monoisotopic (exact) mass is 348 g/mol. The highest BCUT2D eigenvalue weighted by molar-refractivity contribution is 5.91. The maximum Gasteiger partial charge on any atom is 0.414 e. The van der Waals surface area contributed by atoms with Gasteiger partial charge < -0.3 is 15.2 Å². The van der Waals surface area contributed by atoms with E-state index in [1.165, 1.54) is 7.11 Å². The Morgan fingerprint density at radius 1 is 1.28 bits per heavy atom. The van der Waals surface area contributed by atoms with E-state index in [9.17, 15) is 9.59 Å². The van der Waals surface area contributed by atoms with Crippen molar-refractivity contribution < 1.29 is 19.1 Å². The van der Waals surface area contributed by atoms with Crippen molar-refractivity contribution in [1.29, 1.82) is 0 Å². The van der Waals surface area contributed by atoms with Crippen molar-refractivity contribution in [3.8, 4) is 0 Å². The predicted octanol–water partition coefficient (Wildman–Crippen LogP) is 2.90. The quantitative estimate of drug-likeness (QED) is 0.849. The van der Waals surface area contributed by atoms with Gasteiger partial charge in [0.15, 0.2) is 0 Å². The number of carbonyl (C=O) groups excluding carboxylic acids is 2. The van der Waals surface area contributed by atoms with Crippen LogP contribution in [-0.2, 0) is 20.7 Å². The lowest BCUT2D eigenvalue weighted by Gasteiger charge is -2.26. The molecule has 138 valence electrons. The zero-order valence-corrected chi connectivity index (χ0v) is 15.9. The first-order chi connectivity index (χ1) is 11.5. The first-order valence-corrected chi connectivity index (χ1v) is 8.52. The second-order valence-corrected chi connectivity index (χ2v) is 7.56. The topological polar surface area (TPSA) is 81.9 Å². The number of nitrogens with two attached hydrogens (primary N) is 1. The number of ether oxygens (including phenoxy) is 2. The van der Waals surface area contributed by atoms with Crippen LogP contribution in [0.3, 0.4) is 0 Å². The number of rotatable bonds is 3. The molecule has 2 N–H and O–H groups in total. The second-order valence-electron chi connectivity index (χ2n) is 7.56. The summed E-state index contributed by atoms with van der Waals surface area (Å²) in [4.78, 5) is 25.8. The summed E-state index contributed by atoms with van der Waals surface area (Å²) < 4.78 is 10.2. The third-order valence-electron chi connectivity index (χ3n) is 4.48. The van der Waals surface area contributed by atoms with Crippen LogP contribution in [0.15, 0.2) is 12.1 Å². The number of amides is 1.